The smallest absolute Gasteiger partial charge is 0.341 e. The first-order valence-corrected chi connectivity index (χ1v) is 9.21. The maximum absolute atomic E-state index is 12.5. The molecule has 2 rings (SSSR count). The van der Waals surface area contributed by atoms with Crippen molar-refractivity contribution in [2.24, 2.45) is 0 Å². The Hall–Kier alpha value is -3.82. The molecule has 174 valence electrons. The molecule has 0 atom stereocenters. The lowest BCUT2D eigenvalue weighted by atomic mass is 9.94. The summed E-state index contributed by atoms with van der Waals surface area (Å²) in [6.45, 7) is 0. The van der Waals surface area contributed by atoms with E-state index >= 15 is 0 Å². The van der Waals surface area contributed by atoms with Crippen LogP contribution in [-0.2, 0) is 9.47 Å². The molecule has 0 aliphatic carbocycles. The Morgan fingerprint density at radius 2 is 0.812 bits per heavy atom. The number of hydrogen-bond donors (Lipinski definition) is 0. The van der Waals surface area contributed by atoms with Gasteiger partial charge in [-0.3, -0.25) is 0 Å². The highest BCUT2D eigenvalue weighted by molar-refractivity contribution is 6.04. The number of esters is 2. The van der Waals surface area contributed by atoms with Crippen LogP contribution in [0.25, 0.3) is 11.1 Å². The molecule has 10 heteroatoms. The summed E-state index contributed by atoms with van der Waals surface area (Å²) in [5, 5.41) is 0. The zero-order valence-corrected chi connectivity index (χ0v) is 19.2. The molecule has 0 spiro atoms. The van der Waals surface area contributed by atoms with E-state index in [1.807, 2.05) is 0 Å². The highest BCUT2D eigenvalue weighted by Gasteiger charge is 2.34. The zero-order valence-electron chi connectivity index (χ0n) is 19.2. The van der Waals surface area contributed by atoms with Gasteiger partial charge in [-0.05, 0) is 0 Å². The fourth-order valence-electron chi connectivity index (χ4n) is 3.36. The van der Waals surface area contributed by atoms with E-state index in [9.17, 15) is 9.59 Å². The minimum absolute atomic E-state index is 0.0502. The van der Waals surface area contributed by atoms with Crippen molar-refractivity contribution in [2.75, 3.05) is 56.9 Å². The van der Waals surface area contributed by atoms with E-state index in [4.69, 9.17) is 37.9 Å². The van der Waals surface area contributed by atoms with Crippen molar-refractivity contribution < 1.29 is 47.5 Å². The molecule has 0 radical (unpaired) electrons. The number of carbonyl (C=O) groups is 2. The average molecular weight is 450 g/mol. The van der Waals surface area contributed by atoms with Crippen LogP contribution in [-0.4, -0.2) is 68.8 Å². The summed E-state index contributed by atoms with van der Waals surface area (Å²) in [5.74, 6) is -0.415. The van der Waals surface area contributed by atoms with Crippen LogP contribution in [0, 0.1) is 0 Å². The van der Waals surface area contributed by atoms with Gasteiger partial charge in [-0.1, -0.05) is 0 Å². The summed E-state index contributed by atoms with van der Waals surface area (Å²) in [5.41, 5.74) is 0.531. The largest absolute Gasteiger partial charge is 0.495 e. The Morgan fingerprint density at radius 1 is 0.500 bits per heavy atom. The van der Waals surface area contributed by atoms with Crippen molar-refractivity contribution in [1.82, 2.24) is 0 Å². The summed E-state index contributed by atoms with van der Waals surface area (Å²) >= 11 is 0. The topological polar surface area (TPSA) is 108 Å². The van der Waals surface area contributed by atoms with Gasteiger partial charge in [-0.25, -0.2) is 9.59 Å². The minimum atomic E-state index is -0.682. The van der Waals surface area contributed by atoms with Crippen LogP contribution in [0.4, 0.5) is 0 Å². The van der Waals surface area contributed by atoms with Crippen LogP contribution < -0.4 is 28.4 Å². The number of ether oxygens (including phenoxy) is 8. The number of methoxy groups -OCH3 is 8. The third-order valence-electron chi connectivity index (χ3n) is 4.71. The molecule has 0 aliphatic heterocycles. The van der Waals surface area contributed by atoms with Gasteiger partial charge in [0, 0.05) is 12.1 Å². The molecule has 0 fully saturated rings. The third-order valence-corrected chi connectivity index (χ3v) is 4.71. The van der Waals surface area contributed by atoms with Crippen molar-refractivity contribution in [2.45, 2.75) is 0 Å². The zero-order chi connectivity index (χ0) is 24.0. The van der Waals surface area contributed by atoms with Crippen LogP contribution in [0.3, 0.4) is 0 Å². The lowest BCUT2D eigenvalue weighted by Crippen LogP contribution is -2.10. The van der Waals surface area contributed by atoms with Crippen LogP contribution >= 0.6 is 0 Å². The molecule has 2 aromatic rings. The first-order chi connectivity index (χ1) is 15.4. The van der Waals surface area contributed by atoms with E-state index in [0.717, 1.165) is 0 Å². The minimum Gasteiger partial charge on any atom is -0.495 e. The second-order valence-electron chi connectivity index (χ2n) is 6.12. The molecule has 0 N–H and O–H groups in total. The van der Waals surface area contributed by atoms with Gasteiger partial charge in [0.2, 0.25) is 0 Å². The molecule has 32 heavy (non-hydrogen) atoms. The monoisotopic (exact) mass is 450 g/mol. The normalized spacial score (nSPS) is 10.1. The fraction of sp³-hybridized carbons (Fsp3) is 0.364. The summed E-state index contributed by atoms with van der Waals surface area (Å²) in [4.78, 5) is 25.1. The second-order valence-corrected chi connectivity index (χ2v) is 6.12. The molecule has 0 amide bonds. The first-order valence-electron chi connectivity index (χ1n) is 9.21. The highest BCUT2D eigenvalue weighted by Crippen LogP contribution is 2.55. The van der Waals surface area contributed by atoms with Crippen LogP contribution in [0.15, 0.2) is 12.1 Å². The van der Waals surface area contributed by atoms with Gasteiger partial charge < -0.3 is 37.9 Å². The molecule has 0 bridgehead atoms. The fourth-order valence-corrected chi connectivity index (χ4v) is 3.36. The van der Waals surface area contributed by atoms with E-state index in [1.165, 1.54) is 69.0 Å². The molecule has 2 aromatic carbocycles. The Balaban J connectivity index is 3.23. The summed E-state index contributed by atoms with van der Waals surface area (Å²) in [7, 11) is 10.9. The lowest BCUT2D eigenvalue weighted by molar-refractivity contribution is 0.0587. The first kappa shape index (κ1) is 24.4. The van der Waals surface area contributed by atoms with E-state index in [1.54, 1.807) is 0 Å². The quantitative estimate of drug-likeness (QED) is 0.529. The predicted octanol–water partition coefficient (Wildman–Crippen LogP) is 2.98. The van der Waals surface area contributed by atoms with E-state index in [-0.39, 0.29) is 56.8 Å². The summed E-state index contributed by atoms with van der Waals surface area (Å²) < 4.78 is 43.1. The number of benzene rings is 2. The molecule has 0 saturated heterocycles. The number of carbonyl (C=O) groups excluding carboxylic acids is 2. The van der Waals surface area contributed by atoms with Gasteiger partial charge in [0.1, 0.15) is 22.6 Å². The summed E-state index contributed by atoms with van der Waals surface area (Å²) in [6.07, 6.45) is 0. The SMILES string of the molecule is COC(=O)c1cc(OC)c(OC)c(-c2c(OC)c(OC)cc(C(=O)OC)c2OC)c1OC. The van der Waals surface area contributed by atoms with Gasteiger partial charge in [-0.2, -0.15) is 0 Å². The van der Waals surface area contributed by atoms with Crippen LogP contribution in [0.1, 0.15) is 20.7 Å². The second kappa shape index (κ2) is 10.5. The molecule has 0 heterocycles. The van der Waals surface area contributed by atoms with Crippen molar-refractivity contribution >= 4 is 11.9 Å². The maximum atomic E-state index is 12.5. The van der Waals surface area contributed by atoms with Crippen molar-refractivity contribution in [1.29, 1.82) is 0 Å². The van der Waals surface area contributed by atoms with Gasteiger partial charge in [0.15, 0.2) is 23.0 Å². The van der Waals surface area contributed by atoms with E-state index < -0.39 is 11.9 Å². The van der Waals surface area contributed by atoms with Crippen LogP contribution in [0.5, 0.6) is 34.5 Å². The van der Waals surface area contributed by atoms with Crippen molar-refractivity contribution in [3.8, 4) is 45.6 Å². The van der Waals surface area contributed by atoms with Crippen molar-refractivity contribution in [3.63, 3.8) is 0 Å². The van der Waals surface area contributed by atoms with E-state index in [0.29, 0.717) is 0 Å². The van der Waals surface area contributed by atoms with Crippen molar-refractivity contribution in [3.05, 3.63) is 23.3 Å². The Bertz CT molecular complexity index is 931. The molecular weight excluding hydrogens is 424 g/mol. The highest BCUT2D eigenvalue weighted by atomic mass is 16.5. The Kier molecular flexibility index (Phi) is 8.00. The average Bonchev–Trinajstić information content (AvgIpc) is 2.84. The Labute approximate surface area is 185 Å². The molecule has 0 unspecified atom stereocenters. The van der Waals surface area contributed by atoms with Gasteiger partial charge >= 0.3 is 11.9 Å². The summed E-state index contributed by atoms with van der Waals surface area (Å²) in [6, 6.07) is 2.85. The molecule has 0 saturated carbocycles. The van der Waals surface area contributed by atoms with Gasteiger partial charge in [-0.15, -0.1) is 0 Å². The lowest BCUT2D eigenvalue weighted by Gasteiger charge is -2.24. The molecule has 0 aliphatic rings. The number of rotatable bonds is 9. The maximum Gasteiger partial charge on any atom is 0.341 e. The Morgan fingerprint density at radius 3 is 1.03 bits per heavy atom. The van der Waals surface area contributed by atoms with Gasteiger partial charge in [0.05, 0.1) is 68.0 Å². The van der Waals surface area contributed by atoms with E-state index in [2.05, 4.69) is 0 Å². The van der Waals surface area contributed by atoms with Crippen LogP contribution in [0.2, 0.25) is 0 Å². The molecule has 10 nitrogen and oxygen atoms in total. The molecule has 0 aromatic heterocycles. The molecular formula is C22H26O10. The standard InChI is InChI=1S/C22H26O10/c1-25-13-9-11(21(23)31-7)17(27-3)15(19(13)29-5)16-18(28-4)12(22(24)32-8)10-14(26-2)20(16)30-6/h9-10H,1-8H3. The predicted molar refractivity (Wildman–Crippen MR) is 114 cm³/mol. The van der Waals surface area contributed by atoms with Gasteiger partial charge in [0.25, 0.3) is 0 Å². The number of hydrogen-bond acceptors (Lipinski definition) is 10. The third kappa shape index (κ3) is 4.03.